The van der Waals surface area contributed by atoms with Gasteiger partial charge in [-0.05, 0) is 51.1 Å². The second-order valence-corrected chi connectivity index (χ2v) is 9.76. The summed E-state index contributed by atoms with van der Waals surface area (Å²) >= 11 is 6.03. The summed E-state index contributed by atoms with van der Waals surface area (Å²) in [6.45, 7) is 5.45. The molecule has 3 N–H and O–H groups in total. The summed E-state index contributed by atoms with van der Waals surface area (Å²) in [5, 5.41) is 0.752. The highest BCUT2D eigenvalue weighted by Gasteiger charge is 2.20. The predicted molar refractivity (Wildman–Crippen MR) is 129 cm³/mol. The van der Waals surface area contributed by atoms with Gasteiger partial charge in [0.25, 0.3) is 15.6 Å². The summed E-state index contributed by atoms with van der Waals surface area (Å²) in [5.74, 6) is 0.189. The van der Waals surface area contributed by atoms with Crippen molar-refractivity contribution in [3.05, 3.63) is 69.7 Å². The smallest absolute Gasteiger partial charge is 0.264 e. The van der Waals surface area contributed by atoms with Gasteiger partial charge in [-0.2, -0.15) is 4.98 Å². The Morgan fingerprint density at radius 1 is 1.09 bits per heavy atom. The Bertz CT molecular complexity index is 1550. The number of pyridine rings is 2. The molecule has 0 saturated heterocycles. The molecule has 0 amide bonds. The van der Waals surface area contributed by atoms with Crippen molar-refractivity contribution in [2.24, 2.45) is 0 Å². The van der Waals surface area contributed by atoms with Gasteiger partial charge < -0.3 is 5.73 Å². The molecule has 3 heterocycles. The number of benzene rings is 1. The maximum absolute atomic E-state index is 13.3. The average molecular weight is 485 g/mol. The molecule has 0 radical (unpaired) electrons. The van der Waals surface area contributed by atoms with E-state index in [-0.39, 0.29) is 33.3 Å². The Hall–Kier alpha value is -3.50. The van der Waals surface area contributed by atoms with Gasteiger partial charge in [-0.1, -0.05) is 23.7 Å². The Kier molecular flexibility index (Phi) is 5.81. The van der Waals surface area contributed by atoms with E-state index in [0.717, 1.165) is 0 Å². The zero-order valence-electron chi connectivity index (χ0n) is 18.1. The number of hydrogen-bond donors (Lipinski definition) is 2. The van der Waals surface area contributed by atoms with Crippen LogP contribution in [-0.4, -0.2) is 27.9 Å². The van der Waals surface area contributed by atoms with E-state index in [1.54, 1.807) is 42.0 Å². The molecule has 0 saturated carbocycles. The fraction of sp³-hybridized carbons (Fsp3) is 0.182. The normalized spacial score (nSPS) is 11.8. The van der Waals surface area contributed by atoms with E-state index in [4.69, 9.17) is 17.3 Å². The number of halogens is 1. The molecule has 33 heavy (non-hydrogen) atoms. The van der Waals surface area contributed by atoms with E-state index in [2.05, 4.69) is 19.7 Å². The van der Waals surface area contributed by atoms with Crippen LogP contribution in [0, 0.1) is 6.92 Å². The van der Waals surface area contributed by atoms with Crippen molar-refractivity contribution in [2.75, 3.05) is 10.5 Å². The van der Waals surface area contributed by atoms with Gasteiger partial charge in [-0.3, -0.25) is 14.1 Å². The van der Waals surface area contributed by atoms with Crippen LogP contribution in [0.5, 0.6) is 0 Å². The summed E-state index contributed by atoms with van der Waals surface area (Å²) in [5.41, 5.74) is 7.34. The van der Waals surface area contributed by atoms with Gasteiger partial charge >= 0.3 is 0 Å². The van der Waals surface area contributed by atoms with Crippen molar-refractivity contribution in [3.8, 4) is 11.1 Å². The lowest BCUT2D eigenvalue weighted by atomic mass is 10.0. The van der Waals surface area contributed by atoms with Crippen molar-refractivity contribution in [2.45, 2.75) is 31.7 Å². The lowest BCUT2D eigenvalue weighted by molar-refractivity contribution is 0.596. The lowest BCUT2D eigenvalue weighted by Crippen LogP contribution is -2.25. The zero-order valence-corrected chi connectivity index (χ0v) is 19.6. The van der Waals surface area contributed by atoms with Crippen molar-refractivity contribution >= 4 is 44.4 Å². The zero-order chi connectivity index (χ0) is 23.9. The van der Waals surface area contributed by atoms with Gasteiger partial charge in [0.2, 0.25) is 5.95 Å². The molecule has 0 atom stereocenters. The maximum atomic E-state index is 13.3. The number of aryl methyl sites for hydroxylation is 1. The number of nitrogen functional groups attached to an aromatic ring is 1. The minimum Gasteiger partial charge on any atom is -0.368 e. The minimum atomic E-state index is -3.94. The first-order chi connectivity index (χ1) is 15.6. The SMILES string of the molecule is Cc1nc(NS(=O)(=O)c2ccccc2Cl)ccc1-c1cc2cnc(N)nc2n(C(C)C)c1=O. The molecule has 0 aliphatic heterocycles. The number of nitrogens with two attached hydrogens (primary N) is 1. The van der Waals surface area contributed by atoms with Crippen LogP contribution < -0.4 is 16.0 Å². The predicted octanol–water partition coefficient (Wildman–Crippen LogP) is 3.78. The van der Waals surface area contributed by atoms with Crippen LogP contribution >= 0.6 is 11.6 Å². The van der Waals surface area contributed by atoms with E-state index in [9.17, 15) is 13.2 Å². The van der Waals surface area contributed by atoms with E-state index >= 15 is 0 Å². The molecular formula is C22H21ClN6O3S. The minimum absolute atomic E-state index is 0.0520. The van der Waals surface area contributed by atoms with E-state index in [1.165, 1.54) is 18.2 Å². The van der Waals surface area contributed by atoms with Crippen LogP contribution in [0.25, 0.3) is 22.2 Å². The standard InChI is InChI=1S/C22H21ClN6O3S/c1-12(2)29-20-14(11-25-22(24)27-20)10-16(21(29)30)15-8-9-19(26-13(15)3)28-33(31,32)18-7-5-4-6-17(18)23/h4-12H,1-3H3,(H,26,28)(H2,24,25,27). The first-order valence-electron chi connectivity index (χ1n) is 10.0. The fourth-order valence-electron chi connectivity index (χ4n) is 3.56. The van der Waals surface area contributed by atoms with Crippen LogP contribution in [0.3, 0.4) is 0 Å². The van der Waals surface area contributed by atoms with Gasteiger partial charge in [-0.25, -0.2) is 18.4 Å². The Labute approximate surface area is 195 Å². The second kappa shape index (κ2) is 8.45. The largest absolute Gasteiger partial charge is 0.368 e. The van der Waals surface area contributed by atoms with E-state index < -0.39 is 10.0 Å². The summed E-state index contributed by atoms with van der Waals surface area (Å²) in [6, 6.07) is 10.8. The third-order valence-corrected chi connectivity index (χ3v) is 6.90. The number of aromatic nitrogens is 4. The molecule has 0 aliphatic rings. The first kappa shape index (κ1) is 22.7. The molecule has 1 aromatic carbocycles. The third kappa shape index (κ3) is 4.27. The molecule has 0 unspecified atom stereocenters. The Morgan fingerprint density at radius 2 is 1.82 bits per heavy atom. The number of sulfonamides is 1. The van der Waals surface area contributed by atoms with Crippen LogP contribution in [0.4, 0.5) is 11.8 Å². The highest BCUT2D eigenvalue weighted by Crippen LogP contribution is 2.27. The molecule has 0 bridgehead atoms. The molecule has 0 aliphatic carbocycles. The number of anilines is 2. The highest BCUT2D eigenvalue weighted by molar-refractivity contribution is 7.92. The number of hydrogen-bond acceptors (Lipinski definition) is 7. The quantitative estimate of drug-likeness (QED) is 0.440. The summed E-state index contributed by atoms with van der Waals surface area (Å²) < 4.78 is 29.4. The van der Waals surface area contributed by atoms with Crippen molar-refractivity contribution in [1.29, 1.82) is 0 Å². The Balaban J connectivity index is 1.79. The molecule has 170 valence electrons. The Morgan fingerprint density at radius 3 is 2.48 bits per heavy atom. The van der Waals surface area contributed by atoms with Crippen molar-refractivity contribution in [3.63, 3.8) is 0 Å². The van der Waals surface area contributed by atoms with Gasteiger partial charge in [-0.15, -0.1) is 0 Å². The molecular weight excluding hydrogens is 464 g/mol. The third-order valence-electron chi connectivity index (χ3n) is 5.05. The van der Waals surface area contributed by atoms with Crippen LogP contribution in [0.1, 0.15) is 25.6 Å². The molecule has 11 heteroatoms. The van der Waals surface area contributed by atoms with Gasteiger partial charge in [0.1, 0.15) is 16.4 Å². The molecule has 0 fully saturated rings. The summed E-state index contributed by atoms with van der Waals surface area (Å²) in [4.78, 5) is 25.9. The fourth-order valence-corrected chi connectivity index (χ4v) is 5.09. The summed E-state index contributed by atoms with van der Waals surface area (Å²) in [6.07, 6.45) is 1.56. The number of nitrogens with one attached hydrogen (secondary N) is 1. The van der Waals surface area contributed by atoms with Gasteiger partial charge in [0.05, 0.1) is 5.02 Å². The van der Waals surface area contributed by atoms with E-state index in [0.29, 0.717) is 27.9 Å². The second-order valence-electron chi connectivity index (χ2n) is 7.70. The molecule has 3 aromatic heterocycles. The number of fused-ring (bicyclic) bond motifs is 1. The number of nitrogens with zero attached hydrogens (tertiary/aromatic N) is 4. The van der Waals surface area contributed by atoms with Crippen LogP contribution in [0.15, 0.2) is 58.4 Å². The maximum Gasteiger partial charge on any atom is 0.264 e. The average Bonchev–Trinajstić information content (AvgIpc) is 2.73. The topological polar surface area (TPSA) is 133 Å². The molecule has 0 spiro atoms. The molecule has 4 aromatic rings. The first-order valence-corrected chi connectivity index (χ1v) is 11.9. The van der Waals surface area contributed by atoms with Crippen molar-refractivity contribution < 1.29 is 8.42 Å². The van der Waals surface area contributed by atoms with Crippen LogP contribution in [0.2, 0.25) is 5.02 Å². The van der Waals surface area contributed by atoms with E-state index in [1.807, 2.05) is 13.8 Å². The molecule has 4 rings (SSSR count). The van der Waals surface area contributed by atoms with Gasteiger partial charge in [0.15, 0.2) is 0 Å². The molecule has 9 nitrogen and oxygen atoms in total. The number of rotatable bonds is 5. The van der Waals surface area contributed by atoms with Crippen LogP contribution in [-0.2, 0) is 10.0 Å². The monoisotopic (exact) mass is 484 g/mol. The lowest BCUT2D eigenvalue weighted by Gasteiger charge is -2.16. The summed E-state index contributed by atoms with van der Waals surface area (Å²) in [7, 11) is -3.94. The van der Waals surface area contributed by atoms with Gasteiger partial charge in [0, 0.05) is 34.4 Å². The van der Waals surface area contributed by atoms with Crippen molar-refractivity contribution in [1.82, 2.24) is 19.5 Å². The highest BCUT2D eigenvalue weighted by atomic mass is 35.5.